The van der Waals surface area contributed by atoms with Crippen LogP contribution in [-0.4, -0.2) is 38.6 Å². The van der Waals surface area contributed by atoms with E-state index in [-0.39, 0.29) is 17.7 Å². The summed E-state index contributed by atoms with van der Waals surface area (Å²) in [6.45, 7) is 3.86. The number of rotatable bonds is 7. The van der Waals surface area contributed by atoms with E-state index in [2.05, 4.69) is 5.32 Å². The second kappa shape index (κ2) is 8.44. The Morgan fingerprint density at radius 3 is 2.24 bits per heavy atom. The van der Waals surface area contributed by atoms with Crippen LogP contribution >= 0.6 is 0 Å². The number of benzene rings is 2. The maximum absolute atomic E-state index is 12.2. The number of nitrogens with one attached hydrogen (secondary N) is 1. The van der Waals surface area contributed by atoms with Crippen LogP contribution in [0.2, 0.25) is 0 Å². The van der Waals surface area contributed by atoms with Gasteiger partial charge in [-0.1, -0.05) is 18.2 Å². The van der Waals surface area contributed by atoms with Gasteiger partial charge in [-0.25, -0.2) is 0 Å². The maximum atomic E-state index is 12.2. The zero-order valence-corrected chi connectivity index (χ0v) is 15.0. The normalized spacial score (nSPS) is 11.7. The summed E-state index contributed by atoms with van der Waals surface area (Å²) in [6.07, 6.45) is 0. The molecule has 0 aromatic heterocycles. The molecule has 0 aliphatic heterocycles. The van der Waals surface area contributed by atoms with E-state index in [0.29, 0.717) is 23.5 Å². The fourth-order valence-corrected chi connectivity index (χ4v) is 2.58. The van der Waals surface area contributed by atoms with E-state index in [1.54, 1.807) is 38.5 Å². The lowest BCUT2D eigenvalue weighted by molar-refractivity contribution is 0.0905. The Bertz CT molecular complexity index is 753. The fourth-order valence-electron chi connectivity index (χ4n) is 2.58. The molecule has 5 nitrogen and oxygen atoms in total. The van der Waals surface area contributed by atoms with Crippen molar-refractivity contribution in [2.45, 2.75) is 19.9 Å². The Kier molecular flexibility index (Phi) is 6.31. The molecule has 25 heavy (non-hydrogen) atoms. The third-order valence-corrected chi connectivity index (χ3v) is 3.85. The minimum atomic E-state index is -0.143. The van der Waals surface area contributed by atoms with Crippen molar-refractivity contribution in [3.63, 3.8) is 0 Å². The lowest BCUT2D eigenvalue weighted by Crippen LogP contribution is -2.35. The first-order valence-electron chi connectivity index (χ1n) is 8.05. The lowest BCUT2D eigenvalue weighted by atomic mass is 9.99. The smallest absolute Gasteiger partial charge is 0.251 e. The summed E-state index contributed by atoms with van der Waals surface area (Å²) in [5, 5.41) is 2.87. The highest BCUT2D eigenvalue weighted by Gasteiger charge is 2.12. The molecule has 0 radical (unpaired) electrons. The minimum absolute atomic E-state index is 0.0539. The second-order valence-electron chi connectivity index (χ2n) is 5.88. The van der Waals surface area contributed by atoms with Crippen LogP contribution in [0.5, 0.6) is 5.75 Å². The van der Waals surface area contributed by atoms with Crippen LogP contribution in [-0.2, 0) is 4.74 Å². The first kappa shape index (κ1) is 18.7. The van der Waals surface area contributed by atoms with Gasteiger partial charge in [0.2, 0.25) is 0 Å². The van der Waals surface area contributed by atoms with Crippen LogP contribution in [0.25, 0.3) is 11.1 Å². The molecule has 0 aliphatic carbocycles. The van der Waals surface area contributed by atoms with Gasteiger partial charge in [0, 0.05) is 18.7 Å². The van der Waals surface area contributed by atoms with Crippen molar-refractivity contribution in [1.29, 1.82) is 0 Å². The van der Waals surface area contributed by atoms with Gasteiger partial charge in [-0.15, -0.1) is 0 Å². The van der Waals surface area contributed by atoms with Crippen molar-refractivity contribution < 1.29 is 19.1 Å². The van der Waals surface area contributed by atoms with Gasteiger partial charge in [0.15, 0.2) is 5.78 Å². The van der Waals surface area contributed by atoms with E-state index >= 15 is 0 Å². The molecular weight excluding hydrogens is 318 g/mol. The van der Waals surface area contributed by atoms with E-state index in [4.69, 9.17) is 9.47 Å². The van der Waals surface area contributed by atoms with Gasteiger partial charge in [-0.2, -0.15) is 0 Å². The van der Waals surface area contributed by atoms with Gasteiger partial charge in [-0.3, -0.25) is 9.59 Å². The summed E-state index contributed by atoms with van der Waals surface area (Å²) in [5.74, 6) is 0.358. The van der Waals surface area contributed by atoms with Crippen LogP contribution in [0.15, 0.2) is 42.5 Å². The number of methoxy groups -OCH3 is 2. The molecule has 1 unspecified atom stereocenters. The van der Waals surface area contributed by atoms with Crippen LogP contribution in [0.4, 0.5) is 0 Å². The monoisotopic (exact) mass is 341 g/mol. The van der Waals surface area contributed by atoms with Gasteiger partial charge in [0.25, 0.3) is 5.91 Å². The zero-order valence-electron chi connectivity index (χ0n) is 15.0. The summed E-state index contributed by atoms with van der Waals surface area (Å²) in [4.78, 5) is 23.9. The Hall–Kier alpha value is -2.66. The van der Waals surface area contributed by atoms with E-state index in [9.17, 15) is 9.59 Å². The standard InChI is InChI=1S/C20H23NO4/c1-13(12-24-3)21-20(23)16-7-5-15(6-8-16)17-9-10-19(25-4)18(11-17)14(2)22/h5-11,13H,12H2,1-4H3,(H,21,23). The van der Waals surface area contributed by atoms with Crippen molar-refractivity contribution in [1.82, 2.24) is 5.32 Å². The van der Waals surface area contributed by atoms with Gasteiger partial charge in [-0.05, 0) is 49.2 Å². The molecule has 1 N–H and O–H groups in total. The van der Waals surface area contributed by atoms with E-state index in [1.807, 2.05) is 25.1 Å². The van der Waals surface area contributed by atoms with Gasteiger partial charge >= 0.3 is 0 Å². The van der Waals surface area contributed by atoms with Crippen molar-refractivity contribution in [2.24, 2.45) is 0 Å². The number of ether oxygens (including phenoxy) is 2. The summed E-state index contributed by atoms with van der Waals surface area (Å²) in [5.41, 5.74) is 2.93. The molecule has 5 heteroatoms. The predicted molar refractivity (Wildman–Crippen MR) is 97.2 cm³/mol. The average molecular weight is 341 g/mol. The molecule has 1 amide bonds. The van der Waals surface area contributed by atoms with Gasteiger partial charge < -0.3 is 14.8 Å². The number of carbonyl (C=O) groups is 2. The molecular formula is C20H23NO4. The topological polar surface area (TPSA) is 64.6 Å². The largest absolute Gasteiger partial charge is 0.496 e. The summed E-state index contributed by atoms with van der Waals surface area (Å²) in [7, 11) is 3.14. The number of carbonyl (C=O) groups excluding carboxylic acids is 2. The van der Waals surface area contributed by atoms with Gasteiger partial charge in [0.05, 0.1) is 19.3 Å². The van der Waals surface area contributed by atoms with Gasteiger partial charge in [0.1, 0.15) is 5.75 Å². The SMILES string of the molecule is COCC(C)NC(=O)c1ccc(-c2ccc(OC)c(C(C)=O)c2)cc1. The molecule has 2 aromatic rings. The lowest BCUT2D eigenvalue weighted by Gasteiger charge is -2.13. The molecule has 0 bridgehead atoms. The van der Waals surface area contributed by atoms with E-state index in [0.717, 1.165) is 11.1 Å². The molecule has 0 fully saturated rings. The summed E-state index contributed by atoms with van der Waals surface area (Å²) < 4.78 is 10.2. The number of hydrogen-bond acceptors (Lipinski definition) is 4. The second-order valence-corrected chi connectivity index (χ2v) is 5.88. The third kappa shape index (κ3) is 4.67. The highest BCUT2D eigenvalue weighted by atomic mass is 16.5. The van der Waals surface area contributed by atoms with Crippen LogP contribution in [0, 0.1) is 0 Å². The molecule has 132 valence electrons. The minimum Gasteiger partial charge on any atom is -0.496 e. The van der Waals surface area contributed by atoms with Crippen LogP contribution in [0.3, 0.4) is 0 Å². The molecule has 0 saturated heterocycles. The number of hydrogen-bond donors (Lipinski definition) is 1. The van der Waals surface area contributed by atoms with Crippen molar-refractivity contribution >= 4 is 11.7 Å². The van der Waals surface area contributed by atoms with Crippen LogP contribution in [0.1, 0.15) is 34.6 Å². The predicted octanol–water partition coefficient (Wildman–Crippen LogP) is 3.33. The molecule has 1 atom stereocenters. The number of ketones is 1. The molecule has 0 spiro atoms. The molecule has 2 aromatic carbocycles. The molecule has 0 saturated carbocycles. The highest BCUT2D eigenvalue weighted by Crippen LogP contribution is 2.27. The average Bonchev–Trinajstić information content (AvgIpc) is 2.61. The van der Waals surface area contributed by atoms with Crippen molar-refractivity contribution in [3.05, 3.63) is 53.6 Å². The van der Waals surface area contributed by atoms with E-state index < -0.39 is 0 Å². The number of amides is 1. The molecule has 0 aliphatic rings. The first-order valence-corrected chi connectivity index (χ1v) is 8.05. The first-order chi connectivity index (χ1) is 12.0. The third-order valence-electron chi connectivity index (χ3n) is 3.85. The Morgan fingerprint density at radius 2 is 1.68 bits per heavy atom. The number of Topliss-reactive ketones (excluding diaryl/α,β-unsaturated/α-hetero) is 1. The summed E-state index contributed by atoms with van der Waals surface area (Å²) >= 11 is 0. The quantitative estimate of drug-likeness (QED) is 0.785. The molecule has 0 heterocycles. The van der Waals surface area contributed by atoms with Crippen molar-refractivity contribution in [3.8, 4) is 16.9 Å². The summed E-state index contributed by atoms with van der Waals surface area (Å²) in [6, 6.07) is 12.7. The Balaban J connectivity index is 2.21. The Morgan fingerprint density at radius 1 is 1.04 bits per heavy atom. The molecule has 2 rings (SSSR count). The zero-order chi connectivity index (χ0) is 18.4. The Labute approximate surface area is 148 Å². The highest BCUT2D eigenvalue weighted by molar-refractivity contribution is 5.98. The van der Waals surface area contributed by atoms with Crippen molar-refractivity contribution in [2.75, 3.05) is 20.8 Å². The maximum Gasteiger partial charge on any atom is 0.251 e. The van der Waals surface area contributed by atoms with Crippen LogP contribution < -0.4 is 10.1 Å². The van der Waals surface area contributed by atoms with E-state index in [1.165, 1.54) is 6.92 Å². The fraction of sp³-hybridized carbons (Fsp3) is 0.300.